The Kier molecular flexibility index (Phi) is 42.4. The largest absolute Gasteiger partial charge is 0.396 e. The number of primary amides is 1. The lowest BCUT2D eigenvalue weighted by atomic mass is 9.86. The Morgan fingerprint density at radius 3 is 0.986 bits per heavy atom. The molecule has 1 heterocycles. The van der Waals surface area contributed by atoms with Gasteiger partial charge in [-0.25, -0.2) is 18.2 Å². The summed E-state index contributed by atoms with van der Waals surface area (Å²) in [5, 5.41) is 35.6. The van der Waals surface area contributed by atoms with E-state index in [2.05, 4.69) is 331 Å². The number of hydrogen-bond acceptors (Lipinski definition) is 11. The van der Waals surface area contributed by atoms with Crippen LogP contribution in [0, 0.1) is 0 Å². The van der Waals surface area contributed by atoms with Gasteiger partial charge in [0, 0.05) is 91.7 Å². The molecule has 0 saturated carbocycles. The maximum absolute atomic E-state index is 12.4. The van der Waals surface area contributed by atoms with E-state index in [0.29, 0.717) is 74.7 Å². The van der Waals surface area contributed by atoms with Crippen LogP contribution in [0.25, 0.3) is 0 Å². The topological polar surface area (TPSA) is 316 Å². The molecule has 0 radical (unpaired) electrons. The van der Waals surface area contributed by atoms with Gasteiger partial charge in [-0.15, -0.1) is 0 Å². The molecule has 2 aliphatic rings. The number of fused-ring (bicyclic) bond motifs is 2. The lowest BCUT2D eigenvalue weighted by molar-refractivity contribution is -0.117. The average molecular weight is 1970 g/mol. The fraction of sp³-hybridized carbons (Fsp3) is 0.382. The lowest BCUT2D eigenvalue weighted by Gasteiger charge is -2.20. The van der Waals surface area contributed by atoms with Gasteiger partial charge in [-0.2, -0.15) is 5.10 Å². The van der Waals surface area contributed by atoms with Crippen LogP contribution in [0.4, 0.5) is 34.3 Å². The normalized spacial score (nSPS) is 12.3. The maximum atomic E-state index is 12.4. The van der Waals surface area contributed by atoms with E-state index in [0.717, 1.165) is 91.1 Å². The van der Waals surface area contributed by atoms with E-state index >= 15 is 0 Å². The number of anilines is 6. The number of rotatable bonds is 29. The van der Waals surface area contributed by atoms with Gasteiger partial charge in [0.25, 0.3) is 0 Å². The number of aliphatic hydroxyl groups is 1. The molecule has 11 N–H and O–H groups in total. The smallest absolute Gasteiger partial charge is 0.248 e. The molecule has 0 fully saturated rings. The van der Waals surface area contributed by atoms with Crippen molar-refractivity contribution in [3.8, 4) is 0 Å². The van der Waals surface area contributed by atoms with Crippen LogP contribution in [0.3, 0.4) is 0 Å². The highest BCUT2D eigenvalue weighted by Crippen LogP contribution is 2.33. The van der Waals surface area contributed by atoms with Gasteiger partial charge in [0.1, 0.15) is 5.82 Å². The summed E-state index contributed by atoms with van der Waals surface area (Å²) >= 11 is 0. The minimum Gasteiger partial charge on any atom is -0.396 e. The van der Waals surface area contributed by atoms with E-state index in [1.54, 1.807) is 35.1 Å². The molecule has 11 aromatic carbocycles. The van der Waals surface area contributed by atoms with E-state index in [-0.39, 0.29) is 79.4 Å². The Hall–Kier alpha value is -13.2. The van der Waals surface area contributed by atoms with Gasteiger partial charge in [0.15, 0.2) is 0 Å². The summed E-state index contributed by atoms with van der Waals surface area (Å²) in [4.78, 5) is 84.0. The minimum absolute atomic E-state index is 0.0180. The maximum Gasteiger partial charge on any atom is 0.248 e. The van der Waals surface area contributed by atoms with Crippen LogP contribution >= 0.6 is 0 Å². The number of hydrogen-bond donors (Lipinski definition) is 9. The van der Waals surface area contributed by atoms with Crippen molar-refractivity contribution in [2.45, 2.75) is 304 Å². The van der Waals surface area contributed by atoms with Gasteiger partial charge < -0.3 is 42.7 Å². The van der Waals surface area contributed by atoms with Gasteiger partial charge in [-0.05, 0) is 297 Å². The van der Waals surface area contributed by atoms with Crippen LogP contribution in [0.2, 0.25) is 0 Å². The van der Waals surface area contributed by atoms with Gasteiger partial charge in [0.2, 0.25) is 51.4 Å². The zero-order valence-corrected chi connectivity index (χ0v) is 89.4. The second-order valence-electron chi connectivity index (χ2n) is 43.7. The van der Waals surface area contributed by atoms with Gasteiger partial charge in [-0.3, -0.25) is 33.6 Å². The minimum atomic E-state index is -3.72. The molecule has 1 aromatic heterocycles. The number of aryl methyl sites for hydroxylation is 10. The summed E-state index contributed by atoms with van der Waals surface area (Å²) in [6.45, 7) is 42.4. The molecule has 0 aliphatic heterocycles. The second-order valence-corrected chi connectivity index (χ2v) is 45.2. The highest BCUT2D eigenvalue weighted by Gasteiger charge is 2.23. The Bertz CT molecular complexity index is 6290. The molecule has 2 aliphatic carbocycles. The lowest BCUT2D eigenvalue weighted by Crippen LogP contribution is -2.16. The van der Waals surface area contributed by atoms with Gasteiger partial charge >= 0.3 is 0 Å². The number of nitrogens with zero attached hydrogens (tertiary/aromatic N) is 2. The molecule has 0 saturated heterocycles. The molecule has 21 heteroatoms. The summed E-state index contributed by atoms with van der Waals surface area (Å²) in [5.74, 6) is 0.284. The number of sulfonamides is 1. The van der Waals surface area contributed by atoms with Crippen LogP contribution in [0.5, 0.6) is 0 Å². The third-order valence-corrected chi connectivity index (χ3v) is 26.6. The van der Waals surface area contributed by atoms with Crippen LogP contribution in [-0.2, 0) is 148 Å². The summed E-state index contributed by atoms with van der Waals surface area (Å²) in [6, 6.07) is 85.5. The highest BCUT2D eigenvalue weighted by atomic mass is 32.2. The van der Waals surface area contributed by atoms with Crippen molar-refractivity contribution in [3.05, 3.63) is 367 Å². The Labute approximate surface area is 857 Å². The molecule has 7 amide bonds. The predicted molar refractivity (Wildman–Crippen MR) is 592 cm³/mol. The average Bonchev–Trinajstić information content (AvgIpc) is 1.55. The highest BCUT2D eigenvalue weighted by molar-refractivity contribution is 7.89. The predicted octanol–water partition coefficient (Wildman–Crippen LogP) is 25.2. The quantitative estimate of drug-likeness (QED) is 0.0212. The first-order valence-electron chi connectivity index (χ1n) is 50.8. The number of nitrogens with one attached hydrogen (secondary N) is 6. The van der Waals surface area contributed by atoms with E-state index in [1.165, 1.54) is 128 Å². The molecular weight excluding hydrogens is 1810 g/mol. The molecule has 14 rings (SSSR count). The van der Waals surface area contributed by atoms with E-state index < -0.39 is 15.9 Å². The Morgan fingerprint density at radius 1 is 0.326 bits per heavy atom. The van der Waals surface area contributed by atoms with E-state index in [1.807, 2.05) is 49.4 Å². The molecule has 12 aromatic rings. The number of carbonyl (C=O) groups is 7. The number of amides is 7. The molecule has 0 bridgehead atoms. The zero-order chi connectivity index (χ0) is 105. The van der Waals surface area contributed by atoms with Crippen molar-refractivity contribution in [2.24, 2.45) is 10.9 Å². The van der Waals surface area contributed by atoms with Crippen LogP contribution in [0.1, 0.15) is 294 Å². The van der Waals surface area contributed by atoms with Crippen molar-refractivity contribution < 1.29 is 47.1 Å². The monoisotopic (exact) mass is 1970 g/mol. The number of primary sulfonamides is 1. The van der Waals surface area contributed by atoms with Gasteiger partial charge in [-0.1, -0.05) is 307 Å². The molecule has 0 spiro atoms. The van der Waals surface area contributed by atoms with Crippen LogP contribution in [-0.4, -0.2) is 71.3 Å². The summed E-state index contributed by atoms with van der Waals surface area (Å²) in [6.07, 6.45) is 17.7. The molecule has 0 unspecified atom stereocenters. The SMILES string of the molecule is CC(C)(C)c1ccc(CCC(=O)Nc2ccc(CCO)cc2)cc1.CC(C)(C)c1ccc(CCC(=O)Nc2ccc(S(N)(=O)=O)cc2)cc1.CC(C)(C)c1ccc(CCC(=O)Nc2ccc3c(c2)CCC3)cc1.CC(C)(C)c1ccc(CCC(=O)Nc2cccc(C(N)=O)c2)cc1.CC(C)(C)c1ccc(CCC(=O)Nc2cccc3c2CCCC3)cc1.CCn1nccc1NC(=O)CCc1ccc(C(C)(C)C)cc1. The number of carbonyl (C=O) groups excluding carboxylic acids is 7. The van der Waals surface area contributed by atoms with Gasteiger partial charge in [0.05, 0.1) is 11.1 Å². The first-order valence-corrected chi connectivity index (χ1v) is 52.3. The number of aromatic nitrogens is 2. The zero-order valence-electron chi connectivity index (χ0n) is 88.5. The Balaban J connectivity index is 0.000000193. The fourth-order valence-electron chi connectivity index (χ4n) is 16.5. The van der Waals surface area contributed by atoms with Crippen molar-refractivity contribution in [1.29, 1.82) is 0 Å². The van der Waals surface area contributed by atoms with Crippen LogP contribution in [0.15, 0.2) is 272 Å². The third kappa shape index (κ3) is 39.1. The van der Waals surface area contributed by atoms with Crippen LogP contribution < -0.4 is 42.8 Å². The van der Waals surface area contributed by atoms with E-state index in [9.17, 15) is 42.0 Å². The molecular formula is C123H156N10O10S. The molecule has 0 atom stereocenters. The standard InChI is InChI=1S/C23H29NO.C22H27NO.C21H27NO2.C20H24N2O2.C19H24N2O3S.C18H25N3O/c1-23(2,3)19-14-11-17(12-15-19)13-16-22(25)24-21-10-6-8-18-7-4-5-9-20(18)21;1-22(2,3)19-11-7-16(8-12-19)9-14-21(24)23-20-13-10-17-5-4-6-18(17)15-20;1-21(2,3)18-9-4-16(5-10-18)8-13-20(24)22-19-11-6-17(7-12-19)14-15-23;1-20(2,3)16-10-7-14(8-11-16)9-12-18(23)22-17-6-4-5-15(13-17)19(21)24;1-19(2,3)15-7-4-14(5-8-15)6-13-18(22)21-16-9-11-17(12-10-16)25(20,23)24;1-5-21-16(12-13-19-21)20-17(22)11-8-14-6-9-15(10-7-14)18(2,3)4/h6,8,10-12,14-15H,4-5,7,9,13,16H2,1-3H3,(H,24,25);7-8,10-13,15H,4-6,9,14H2,1-3H3,(H,23,24);4-7,9-12,23H,8,13-15H2,1-3H3,(H,22,24);4-8,10-11,13H,9,12H2,1-3H3,(H2,21,24)(H,22,23);4-5,7-12H,6,13H2,1-3H3,(H,21,22)(H2,20,23,24);6-7,9-10,12-13H,5,8,11H2,1-4H3,(H,20,22). The Morgan fingerprint density at radius 2 is 0.632 bits per heavy atom. The summed E-state index contributed by atoms with van der Waals surface area (Å²) < 4.78 is 24.2. The number of benzene rings is 11. The first-order chi connectivity index (χ1) is 67.9. The number of aliphatic hydroxyl groups excluding tert-OH is 1. The van der Waals surface area contributed by atoms with Crippen molar-refractivity contribution in [3.63, 3.8) is 0 Å². The van der Waals surface area contributed by atoms with Crippen molar-refractivity contribution in [2.75, 3.05) is 38.5 Å². The molecule has 764 valence electrons. The van der Waals surface area contributed by atoms with E-state index in [4.69, 9.17) is 16.0 Å². The summed E-state index contributed by atoms with van der Waals surface area (Å²) in [7, 11) is -3.72. The first kappa shape index (κ1) is 114. The third-order valence-electron chi connectivity index (χ3n) is 25.6. The van der Waals surface area contributed by atoms with Crippen molar-refractivity contribution in [1.82, 2.24) is 9.78 Å². The number of nitrogens with two attached hydrogens (primary N) is 2. The summed E-state index contributed by atoms with van der Waals surface area (Å²) in [5.41, 5.74) is 31.9. The second kappa shape index (κ2) is 53.4. The molecule has 20 nitrogen and oxygen atoms in total. The fourth-order valence-corrected chi connectivity index (χ4v) is 17.0. The van der Waals surface area contributed by atoms with Crippen molar-refractivity contribution >= 4 is 85.6 Å². The molecule has 144 heavy (non-hydrogen) atoms.